The number of nitrogens with zero attached hydrogens (tertiary/aromatic N) is 3. The van der Waals surface area contributed by atoms with E-state index in [1.807, 2.05) is 6.07 Å². The molecule has 0 saturated heterocycles. The fraction of sp³-hybridized carbons (Fsp3) is 0.300. The molecule has 0 aromatic heterocycles. The number of hydrogen-bond acceptors (Lipinski definition) is 5. The zero-order chi connectivity index (χ0) is 19.9. The molecule has 2 aromatic carbocycles. The molecule has 6 nitrogen and oxygen atoms in total. The van der Waals surface area contributed by atoms with E-state index in [9.17, 15) is 13.4 Å². The number of rotatable bonds is 3. The van der Waals surface area contributed by atoms with Crippen LogP contribution in [0.1, 0.15) is 41.7 Å². The molecule has 28 heavy (non-hydrogen) atoms. The van der Waals surface area contributed by atoms with Crippen LogP contribution < -0.4 is 5.32 Å². The number of amides is 1. The first-order valence-electron chi connectivity index (χ1n) is 9.12. The summed E-state index contributed by atoms with van der Waals surface area (Å²) in [6.07, 6.45) is 1.58. The van der Waals surface area contributed by atoms with Gasteiger partial charge in [-0.05, 0) is 38.0 Å². The Morgan fingerprint density at radius 3 is 2.64 bits per heavy atom. The molecule has 148 valence electrons. The van der Waals surface area contributed by atoms with Crippen LogP contribution in [0.15, 0.2) is 64.0 Å². The first kappa shape index (κ1) is 20.0. The van der Waals surface area contributed by atoms with E-state index in [4.69, 9.17) is 0 Å². The SMILES string of the molecule is C[C@H](N=C(NC(=O)c1ccccc1)N1CCCCN=[S-]1=O)c1ccccc1F. The molecule has 0 spiro atoms. The Bertz CT molecular complexity index is 942. The third-order valence-electron chi connectivity index (χ3n) is 4.33. The van der Waals surface area contributed by atoms with Crippen LogP contribution in [0.5, 0.6) is 0 Å². The first-order valence-corrected chi connectivity index (χ1v) is 10.2. The molecule has 0 fully saturated rings. The lowest BCUT2D eigenvalue weighted by Gasteiger charge is -2.29. The van der Waals surface area contributed by atoms with Crippen molar-refractivity contribution in [3.8, 4) is 0 Å². The normalized spacial score (nSPS) is 16.8. The Labute approximate surface area is 165 Å². The molecule has 0 saturated carbocycles. The van der Waals surface area contributed by atoms with Crippen LogP contribution in [0.4, 0.5) is 4.39 Å². The van der Waals surface area contributed by atoms with Crippen molar-refractivity contribution in [1.82, 2.24) is 9.62 Å². The number of nitrogens with one attached hydrogen (secondary N) is 1. The number of benzene rings is 2. The molecule has 1 N–H and O–H groups in total. The van der Waals surface area contributed by atoms with Crippen molar-refractivity contribution in [1.29, 1.82) is 0 Å². The maximum atomic E-state index is 14.2. The molecule has 8 heteroatoms. The summed E-state index contributed by atoms with van der Waals surface area (Å²) < 4.78 is 32.2. The summed E-state index contributed by atoms with van der Waals surface area (Å²) in [5, 5.41) is 2.74. The molecule has 3 rings (SSSR count). The van der Waals surface area contributed by atoms with E-state index < -0.39 is 16.8 Å². The maximum absolute atomic E-state index is 14.2. The molecule has 1 heterocycles. The highest BCUT2D eigenvalue weighted by Gasteiger charge is 2.17. The summed E-state index contributed by atoms with van der Waals surface area (Å²) in [6.45, 7) is 2.66. The van der Waals surface area contributed by atoms with E-state index in [1.54, 1.807) is 49.4 Å². The zero-order valence-corrected chi connectivity index (χ0v) is 16.4. The average Bonchev–Trinajstić information content (AvgIpc) is 2.92. The third kappa shape index (κ3) is 4.95. The van der Waals surface area contributed by atoms with Gasteiger partial charge in [-0.25, -0.2) is 9.38 Å². The molecular formula is C20H22FN4O2S-. The van der Waals surface area contributed by atoms with Gasteiger partial charge in [0.05, 0.1) is 6.04 Å². The lowest BCUT2D eigenvalue weighted by molar-refractivity contribution is 0.0974. The van der Waals surface area contributed by atoms with E-state index in [1.165, 1.54) is 10.4 Å². The zero-order valence-electron chi connectivity index (χ0n) is 15.5. The Hall–Kier alpha value is -2.74. The second-order valence-electron chi connectivity index (χ2n) is 6.36. The van der Waals surface area contributed by atoms with E-state index in [0.29, 0.717) is 24.2 Å². The van der Waals surface area contributed by atoms with Crippen molar-refractivity contribution in [2.24, 2.45) is 9.36 Å². The predicted molar refractivity (Wildman–Crippen MR) is 107 cm³/mol. The van der Waals surface area contributed by atoms with Crippen molar-refractivity contribution in [2.75, 3.05) is 13.1 Å². The topological polar surface area (TPSA) is 74.1 Å². The van der Waals surface area contributed by atoms with Gasteiger partial charge in [-0.1, -0.05) is 47.2 Å². The highest BCUT2D eigenvalue weighted by Crippen LogP contribution is 2.20. The second kappa shape index (κ2) is 9.45. The van der Waals surface area contributed by atoms with E-state index in [2.05, 4.69) is 14.7 Å². The number of hydrogen-bond donors (Lipinski definition) is 1. The molecule has 0 aliphatic carbocycles. The molecule has 1 aliphatic rings. The fourth-order valence-corrected chi connectivity index (χ4v) is 3.78. The lowest BCUT2D eigenvalue weighted by Crippen LogP contribution is -2.43. The minimum Gasteiger partial charge on any atom is -0.424 e. The van der Waals surface area contributed by atoms with Crippen molar-refractivity contribution >= 4 is 22.6 Å². The monoisotopic (exact) mass is 401 g/mol. The summed E-state index contributed by atoms with van der Waals surface area (Å²) in [5.41, 5.74) is 0.845. The summed E-state index contributed by atoms with van der Waals surface area (Å²) >= 11 is 0. The van der Waals surface area contributed by atoms with Crippen LogP contribution in [0.2, 0.25) is 0 Å². The number of aliphatic imine (C=N–C) groups is 1. The number of guanidine groups is 1. The Balaban J connectivity index is 1.95. The minimum atomic E-state index is -1.66. The number of carbonyl (C=O) groups is 1. The molecule has 0 bridgehead atoms. The number of carbonyl (C=O) groups excluding carboxylic acids is 1. The summed E-state index contributed by atoms with van der Waals surface area (Å²) in [7, 11) is -1.66. The van der Waals surface area contributed by atoms with E-state index in [0.717, 1.165) is 12.8 Å². The molecule has 0 radical (unpaired) electrons. The quantitative estimate of drug-likeness (QED) is 0.482. The highest BCUT2D eigenvalue weighted by molar-refractivity contribution is 7.73. The van der Waals surface area contributed by atoms with Gasteiger partial charge in [-0.3, -0.25) is 10.1 Å². The molecule has 1 amide bonds. The maximum Gasteiger partial charge on any atom is 0.257 e. The van der Waals surface area contributed by atoms with E-state index >= 15 is 0 Å². The van der Waals surface area contributed by atoms with Crippen molar-refractivity contribution in [2.45, 2.75) is 25.8 Å². The van der Waals surface area contributed by atoms with Crippen LogP contribution in [0, 0.1) is 5.82 Å². The predicted octanol–water partition coefficient (Wildman–Crippen LogP) is 3.83. The third-order valence-corrected chi connectivity index (χ3v) is 5.46. The van der Waals surface area contributed by atoms with Crippen LogP contribution in [0.3, 0.4) is 0 Å². The lowest BCUT2D eigenvalue weighted by atomic mass is 10.1. The van der Waals surface area contributed by atoms with Crippen LogP contribution >= 0.6 is 0 Å². The van der Waals surface area contributed by atoms with Gasteiger partial charge in [0.1, 0.15) is 5.82 Å². The number of halogens is 1. The van der Waals surface area contributed by atoms with Crippen LogP contribution in [-0.2, 0) is 15.0 Å². The Morgan fingerprint density at radius 2 is 1.89 bits per heavy atom. The largest absolute Gasteiger partial charge is 0.424 e. The van der Waals surface area contributed by atoms with Gasteiger partial charge in [0.2, 0.25) is 0 Å². The fourth-order valence-electron chi connectivity index (χ4n) is 2.83. The Morgan fingerprint density at radius 1 is 1.18 bits per heavy atom. The van der Waals surface area contributed by atoms with Crippen molar-refractivity contribution in [3.63, 3.8) is 0 Å². The smallest absolute Gasteiger partial charge is 0.257 e. The van der Waals surface area contributed by atoms with Gasteiger partial charge >= 0.3 is 0 Å². The highest BCUT2D eigenvalue weighted by atomic mass is 32.2. The van der Waals surface area contributed by atoms with Crippen LogP contribution in [0.25, 0.3) is 0 Å². The minimum absolute atomic E-state index is 0.133. The van der Waals surface area contributed by atoms with Gasteiger partial charge in [0.15, 0.2) is 5.96 Å². The average molecular weight is 401 g/mol. The molecule has 1 aliphatic heterocycles. The Kier molecular flexibility index (Phi) is 6.76. The standard InChI is InChI=1S/C20H22FN4O2S/c1-15(17-11-5-6-12-18(17)21)23-20(25-14-8-7-13-22-28(25)27)24-19(26)16-9-3-2-4-10-16/h2-6,9-12,15H,7-8,13-14H2,1H3,(H,23,24,26)/q-1/t15-/m0/s1. The molecule has 1 atom stereocenters. The van der Waals surface area contributed by atoms with Gasteiger partial charge in [-0.2, -0.15) is 0 Å². The van der Waals surface area contributed by atoms with Crippen molar-refractivity contribution < 1.29 is 13.4 Å². The van der Waals surface area contributed by atoms with Gasteiger partial charge in [0, 0.05) is 24.2 Å². The molecular weight excluding hydrogens is 379 g/mol. The van der Waals surface area contributed by atoms with E-state index in [-0.39, 0.29) is 17.7 Å². The van der Waals surface area contributed by atoms with Gasteiger partial charge in [-0.15, -0.1) is 0 Å². The van der Waals surface area contributed by atoms with Gasteiger partial charge in [0.25, 0.3) is 5.91 Å². The second-order valence-corrected chi connectivity index (χ2v) is 7.52. The summed E-state index contributed by atoms with van der Waals surface area (Å²) in [6, 6.07) is 14.4. The molecule has 2 aromatic rings. The molecule has 0 unspecified atom stereocenters. The van der Waals surface area contributed by atoms with Crippen LogP contribution in [-0.4, -0.2) is 29.3 Å². The van der Waals surface area contributed by atoms with Gasteiger partial charge < -0.3 is 12.9 Å². The first-order chi connectivity index (χ1) is 13.6. The summed E-state index contributed by atoms with van der Waals surface area (Å²) in [4.78, 5) is 17.2. The van der Waals surface area contributed by atoms with Crippen molar-refractivity contribution in [3.05, 3.63) is 71.5 Å². The summed E-state index contributed by atoms with van der Waals surface area (Å²) in [5.74, 6) is -0.621.